The van der Waals surface area contributed by atoms with Crippen molar-refractivity contribution in [2.75, 3.05) is 13.2 Å². The minimum Gasteiger partial charge on any atom is -0.462 e. The highest BCUT2D eigenvalue weighted by molar-refractivity contribution is 5.71. The van der Waals surface area contributed by atoms with Crippen molar-refractivity contribution in [2.24, 2.45) is 0 Å². The lowest BCUT2D eigenvalue weighted by Gasteiger charge is -2.18. The minimum atomic E-state index is -0.795. The molecule has 0 amide bonds. The fraction of sp³-hybridized carbons (Fsp3) is 0.773. The Hall–Kier alpha value is -3.15. The Kier molecular flexibility index (Phi) is 57.8. The highest BCUT2D eigenvalue weighted by Crippen LogP contribution is 2.16. The van der Waals surface area contributed by atoms with Crippen LogP contribution in [0.1, 0.15) is 310 Å². The molecule has 0 aliphatic carbocycles. The van der Waals surface area contributed by atoms with Crippen molar-refractivity contribution in [1.29, 1.82) is 0 Å². The van der Waals surface area contributed by atoms with Gasteiger partial charge in [-0.25, -0.2) is 0 Å². The molecule has 0 heterocycles. The molecule has 0 aliphatic heterocycles. The predicted molar refractivity (Wildman–Crippen MR) is 311 cm³/mol. The number of allylic oxidation sites excluding steroid dienone is 12. The molecule has 0 spiro atoms. The summed E-state index contributed by atoms with van der Waals surface area (Å²) in [6, 6.07) is 0. The maximum absolute atomic E-state index is 12.9. The molecule has 0 aromatic rings. The lowest BCUT2D eigenvalue weighted by Crippen LogP contribution is -2.30. The third kappa shape index (κ3) is 57.7. The van der Waals surface area contributed by atoms with Gasteiger partial charge in [-0.05, 0) is 70.6 Å². The molecule has 0 fully saturated rings. The number of hydrogen-bond donors (Lipinski definition) is 0. The summed E-state index contributed by atoms with van der Waals surface area (Å²) in [4.78, 5) is 38.3. The largest absolute Gasteiger partial charge is 0.462 e. The van der Waals surface area contributed by atoms with Crippen LogP contribution in [-0.2, 0) is 28.6 Å². The Bertz CT molecular complexity index is 1340. The lowest BCUT2D eigenvalue weighted by atomic mass is 10.0. The Morgan fingerprint density at radius 2 is 0.500 bits per heavy atom. The van der Waals surface area contributed by atoms with E-state index in [-0.39, 0.29) is 31.1 Å². The molecule has 0 aromatic heterocycles. The number of unbranched alkanes of at least 4 members (excludes halogenated alkanes) is 37. The van der Waals surface area contributed by atoms with Crippen molar-refractivity contribution in [1.82, 2.24) is 0 Å². The van der Waals surface area contributed by atoms with E-state index in [2.05, 4.69) is 93.7 Å². The zero-order chi connectivity index (χ0) is 52.2. The highest BCUT2D eigenvalue weighted by Gasteiger charge is 2.19. The molecular formula is C66H116O6. The van der Waals surface area contributed by atoms with E-state index in [9.17, 15) is 14.4 Å². The molecule has 0 bridgehead atoms. The number of carbonyl (C=O) groups is 3. The van der Waals surface area contributed by atoms with Gasteiger partial charge in [0.05, 0.1) is 0 Å². The van der Waals surface area contributed by atoms with Gasteiger partial charge in [-0.3, -0.25) is 14.4 Å². The van der Waals surface area contributed by atoms with E-state index in [4.69, 9.17) is 14.2 Å². The molecule has 6 nitrogen and oxygen atoms in total. The summed E-state index contributed by atoms with van der Waals surface area (Å²) in [5.41, 5.74) is 0. The summed E-state index contributed by atoms with van der Waals surface area (Å²) in [5.74, 6) is -0.914. The van der Waals surface area contributed by atoms with Crippen LogP contribution >= 0.6 is 0 Å². The summed E-state index contributed by atoms with van der Waals surface area (Å²) >= 11 is 0. The van der Waals surface area contributed by atoms with Gasteiger partial charge in [0.15, 0.2) is 6.10 Å². The third-order valence-electron chi connectivity index (χ3n) is 13.6. The molecular weight excluding hydrogens is 889 g/mol. The molecule has 1 atom stereocenters. The van der Waals surface area contributed by atoms with Crippen LogP contribution in [-0.4, -0.2) is 37.2 Å². The van der Waals surface area contributed by atoms with Gasteiger partial charge in [0, 0.05) is 19.3 Å². The van der Waals surface area contributed by atoms with Crippen molar-refractivity contribution >= 4 is 17.9 Å². The van der Waals surface area contributed by atoms with Gasteiger partial charge in [-0.2, -0.15) is 0 Å². The first-order valence-electron chi connectivity index (χ1n) is 31.0. The highest BCUT2D eigenvalue weighted by atomic mass is 16.6. The van der Waals surface area contributed by atoms with E-state index >= 15 is 0 Å². The van der Waals surface area contributed by atoms with Crippen LogP contribution in [0.2, 0.25) is 0 Å². The predicted octanol–water partition coefficient (Wildman–Crippen LogP) is 20.9. The van der Waals surface area contributed by atoms with Gasteiger partial charge >= 0.3 is 17.9 Å². The fourth-order valence-electron chi connectivity index (χ4n) is 8.86. The minimum absolute atomic E-state index is 0.0881. The number of hydrogen-bond acceptors (Lipinski definition) is 6. The summed E-state index contributed by atoms with van der Waals surface area (Å²) in [6.45, 7) is 6.61. The van der Waals surface area contributed by atoms with Gasteiger partial charge in [-0.1, -0.05) is 293 Å². The van der Waals surface area contributed by atoms with Crippen molar-refractivity contribution in [3.8, 4) is 0 Å². The first kappa shape index (κ1) is 68.8. The standard InChI is InChI=1S/C66H116O6/c1-4-7-10-13-16-19-22-25-28-31-34-37-40-43-46-49-52-55-58-64(67)70-61-63(72-66(69)60-57-54-51-48-45-42-39-36-33-30-27-24-21-18-15-12-9-6-3)62-71-65(68)59-56-53-50-47-44-41-38-35-32-29-26-23-20-17-14-11-8-5-2/h22,24-25,27-28,30-31,33-34,36-37,39,63H,4-21,23,26,29,32,35,38,40-62H2,1-3H3/b25-22-,27-24-,31-28-,33-30-,37-34-,39-36-. The molecule has 0 aromatic carbocycles. The number of ether oxygens (including phenoxy) is 3. The van der Waals surface area contributed by atoms with Crippen molar-refractivity contribution < 1.29 is 28.6 Å². The van der Waals surface area contributed by atoms with E-state index in [1.807, 2.05) is 0 Å². The molecule has 0 N–H and O–H groups in total. The first-order chi connectivity index (χ1) is 35.5. The Balaban J connectivity index is 4.44. The van der Waals surface area contributed by atoms with Gasteiger partial charge in [0.2, 0.25) is 0 Å². The van der Waals surface area contributed by atoms with E-state index in [1.54, 1.807) is 0 Å². The Labute approximate surface area is 446 Å². The van der Waals surface area contributed by atoms with Crippen LogP contribution in [0, 0.1) is 0 Å². The maximum atomic E-state index is 12.9. The SMILES string of the molecule is CCCCCCC\C=C/C=C\C=C/CCCCCCCC(=O)OCC(COC(=O)CCCCCCCCCCCCCCCCCCCC)OC(=O)CCCCCCC\C=C/C=C\C=C/CCCCCCC. The van der Waals surface area contributed by atoms with Gasteiger partial charge in [0.1, 0.15) is 13.2 Å². The molecule has 0 rings (SSSR count). The fourth-order valence-corrected chi connectivity index (χ4v) is 8.86. The average molecular weight is 1010 g/mol. The smallest absolute Gasteiger partial charge is 0.306 e. The summed E-state index contributed by atoms with van der Waals surface area (Å²) in [6.07, 6.45) is 77.5. The molecule has 0 aliphatic rings. The second-order valence-corrected chi connectivity index (χ2v) is 20.7. The topological polar surface area (TPSA) is 78.9 Å². The molecule has 416 valence electrons. The molecule has 72 heavy (non-hydrogen) atoms. The zero-order valence-electron chi connectivity index (χ0n) is 47.7. The number of esters is 3. The van der Waals surface area contributed by atoms with Gasteiger partial charge < -0.3 is 14.2 Å². The molecule has 1 unspecified atom stereocenters. The van der Waals surface area contributed by atoms with Gasteiger partial charge in [-0.15, -0.1) is 0 Å². The third-order valence-corrected chi connectivity index (χ3v) is 13.6. The summed E-state index contributed by atoms with van der Waals surface area (Å²) < 4.78 is 16.9. The van der Waals surface area contributed by atoms with Crippen LogP contribution in [0.15, 0.2) is 72.9 Å². The van der Waals surface area contributed by atoms with Crippen LogP contribution < -0.4 is 0 Å². The maximum Gasteiger partial charge on any atom is 0.306 e. The summed E-state index contributed by atoms with van der Waals surface area (Å²) in [5, 5.41) is 0. The molecule has 0 saturated carbocycles. The Morgan fingerprint density at radius 1 is 0.278 bits per heavy atom. The van der Waals surface area contributed by atoms with E-state index < -0.39 is 6.10 Å². The van der Waals surface area contributed by atoms with Crippen molar-refractivity contribution in [3.63, 3.8) is 0 Å². The van der Waals surface area contributed by atoms with Crippen LogP contribution in [0.25, 0.3) is 0 Å². The van der Waals surface area contributed by atoms with E-state index in [0.29, 0.717) is 19.3 Å². The molecule has 6 heteroatoms. The quantitative estimate of drug-likeness (QED) is 0.0261. The monoisotopic (exact) mass is 1000 g/mol. The number of rotatable bonds is 56. The average Bonchev–Trinajstić information content (AvgIpc) is 3.38. The second-order valence-electron chi connectivity index (χ2n) is 20.7. The zero-order valence-corrected chi connectivity index (χ0v) is 47.7. The van der Waals surface area contributed by atoms with Gasteiger partial charge in [0.25, 0.3) is 0 Å². The Morgan fingerprint density at radius 3 is 0.764 bits per heavy atom. The van der Waals surface area contributed by atoms with Crippen LogP contribution in [0.3, 0.4) is 0 Å². The van der Waals surface area contributed by atoms with Crippen molar-refractivity contribution in [2.45, 2.75) is 316 Å². The molecule has 0 radical (unpaired) electrons. The van der Waals surface area contributed by atoms with Crippen molar-refractivity contribution in [3.05, 3.63) is 72.9 Å². The first-order valence-corrected chi connectivity index (χ1v) is 31.0. The van der Waals surface area contributed by atoms with Crippen LogP contribution in [0.5, 0.6) is 0 Å². The number of carbonyl (C=O) groups excluding carboxylic acids is 3. The second kappa shape index (κ2) is 60.4. The van der Waals surface area contributed by atoms with Crippen LogP contribution in [0.4, 0.5) is 0 Å². The summed E-state index contributed by atoms with van der Waals surface area (Å²) in [7, 11) is 0. The van der Waals surface area contributed by atoms with E-state index in [1.165, 1.54) is 167 Å². The lowest BCUT2D eigenvalue weighted by molar-refractivity contribution is -0.167. The normalized spacial score (nSPS) is 12.5. The molecule has 0 saturated heterocycles. The van der Waals surface area contributed by atoms with E-state index in [0.717, 1.165) is 103 Å².